The van der Waals surface area contributed by atoms with Gasteiger partial charge in [-0.3, -0.25) is 16.5 Å². The molecule has 8 heavy (non-hydrogen) atoms. The first-order valence-electron chi connectivity index (χ1n) is 1.34. The molecule has 0 aliphatic carbocycles. The van der Waals surface area contributed by atoms with Crippen LogP contribution in [0.15, 0.2) is 0 Å². The zero-order valence-electron chi connectivity index (χ0n) is 4.11. The SMILES string of the molecule is N#CN.NN.O=CO. The first kappa shape index (κ1) is 15.9. The van der Waals surface area contributed by atoms with Gasteiger partial charge in [-0.25, -0.2) is 0 Å². The van der Waals surface area contributed by atoms with Gasteiger partial charge in [-0.05, 0) is 0 Å². The molecule has 0 aromatic carbocycles. The Morgan fingerprint density at radius 3 is 1.62 bits per heavy atom. The van der Waals surface area contributed by atoms with E-state index in [1.165, 1.54) is 6.19 Å². The summed E-state index contributed by atoms with van der Waals surface area (Å²) in [5.41, 5.74) is 4.15. The summed E-state index contributed by atoms with van der Waals surface area (Å²) >= 11 is 0. The van der Waals surface area contributed by atoms with Gasteiger partial charge >= 0.3 is 0 Å². The molecule has 0 saturated heterocycles. The van der Waals surface area contributed by atoms with Crippen LogP contribution in [0.2, 0.25) is 0 Å². The molecule has 7 N–H and O–H groups in total. The number of nitrogens with zero attached hydrogens (tertiary/aromatic N) is 1. The van der Waals surface area contributed by atoms with E-state index in [0.29, 0.717) is 0 Å². The van der Waals surface area contributed by atoms with E-state index in [2.05, 4.69) is 17.4 Å². The molecule has 0 rings (SSSR count). The number of carboxylic acid groups (broad SMARTS) is 1. The van der Waals surface area contributed by atoms with E-state index in [-0.39, 0.29) is 6.47 Å². The second kappa shape index (κ2) is 269. The van der Waals surface area contributed by atoms with E-state index in [1.54, 1.807) is 0 Å². The average molecular weight is 120 g/mol. The first-order chi connectivity index (χ1) is 3.83. The van der Waals surface area contributed by atoms with Crippen LogP contribution in [0.25, 0.3) is 0 Å². The molecule has 6 heteroatoms. The van der Waals surface area contributed by atoms with Crippen LogP contribution in [0.1, 0.15) is 0 Å². The van der Waals surface area contributed by atoms with E-state index in [0.717, 1.165) is 0 Å². The topological polar surface area (TPSA) is 139 Å². The monoisotopic (exact) mass is 120 g/mol. The molecule has 6 nitrogen and oxygen atoms in total. The van der Waals surface area contributed by atoms with Crippen LogP contribution in [0, 0.1) is 11.5 Å². The normalized spacial score (nSPS) is 3.12. The molecule has 0 atom stereocenters. The van der Waals surface area contributed by atoms with Gasteiger partial charge in [0.1, 0.15) is 0 Å². The minimum atomic E-state index is -0.250. The summed E-state index contributed by atoms with van der Waals surface area (Å²) in [6.45, 7) is -0.250. The van der Waals surface area contributed by atoms with E-state index in [9.17, 15) is 0 Å². The van der Waals surface area contributed by atoms with Gasteiger partial charge in [-0.15, -0.1) is 0 Å². The molecule has 48 valence electrons. The summed E-state index contributed by atoms with van der Waals surface area (Å²) in [4.78, 5) is 8.36. The number of hydrazine groups is 1. The molecule has 0 saturated carbocycles. The van der Waals surface area contributed by atoms with Crippen molar-refractivity contribution in [3.63, 3.8) is 0 Å². The summed E-state index contributed by atoms with van der Waals surface area (Å²) in [5, 5.41) is 14.0. The average Bonchev–Trinajstić information content (AvgIpc) is 1.75. The van der Waals surface area contributed by atoms with Crippen molar-refractivity contribution in [2.45, 2.75) is 0 Å². The molecule has 0 spiro atoms. The molecule has 0 unspecified atom stereocenters. The Morgan fingerprint density at radius 2 is 1.62 bits per heavy atom. The van der Waals surface area contributed by atoms with Crippen LogP contribution >= 0.6 is 0 Å². The summed E-state index contributed by atoms with van der Waals surface area (Å²) in [6.07, 6.45) is 1.25. The standard InChI is InChI=1S/CH2N2.CH2O2.H4N2/c2*2-1-3;1-2/h2H2;1H,(H,2,3);1-2H2. The third-order valence-electron chi connectivity index (χ3n) is 0. The maximum absolute atomic E-state index is 8.36. The van der Waals surface area contributed by atoms with Gasteiger partial charge in [0.15, 0.2) is 6.19 Å². The maximum Gasteiger partial charge on any atom is 0.290 e. The van der Waals surface area contributed by atoms with Gasteiger partial charge in [0.05, 0.1) is 0 Å². The molecule has 0 bridgehead atoms. The highest BCUT2D eigenvalue weighted by Gasteiger charge is 1.22. The van der Waals surface area contributed by atoms with Crippen molar-refractivity contribution in [2.75, 3.05) is 0 Å². The van der Waals surface area contributed by atoms with Gasteiger partial charge < -0.3 is 10.8 Å². The lowest BCUT2D eigenvalue weighted by molar-refractivity contribution is -0.122. The van der Waals surface area contributed by atoms with Crippen molar-refractivity contribution in [1.29, 1.82) is 5.26 Å². The zero-order valence-corrected chi connectivity index (χ0v) is 4.11. The third kappa shape index (κ3) is 36.4. The van der Waals surface area contributed by atoms with Gasteiger partial charge in [-0.1, -0.05) is 0 Å². The summed E-state index contributed by atoms with van der Waals surface area (Å²) in [7, 11) is 0. The molecular weight excluding hydrogens is 112 g/mol. The third-order valence-corrected chi connectivity index (χ3v) is 0. The van der Waals surface area contributed by atoms with Crippen molar-refractivity contribution >= 4 is 6.47 Å². The molecule has 0 radical (unpaired) electrons. The Kier molecular flexibility index (Phi) is 535. The quantitative estimate of drug-likeness (QED) is 0.0953. The summed E-state index contributed by atoms with van der Waals surface area (Å²) < 4.78 is 0. The van der Waals surface area contributed by atoms with Crippen LogP contribution in [0.4, 0.5) is 0 Å². The fourth-order valence-electron chi connectivity index (χ4n) is 0. The Hall–Kier alpha value is -1.32. The van der Waals surface area contributed by atoms with Crippen molar-refractivity contribution in [2.24, 2.45) is 17.4 Å². The lowest BCUT2D eigenvalue weighted by Crippen LogP contribution is -2.02. The largest absolute Gasteiger partial charge is 0.483 e. The van der Waals surface area contributed by atoms with Crippen molar-refractivity contribution in [3.8, 4) is 6.19 Å². The number of nitriles is 1. The molecule has 0 heterocycles. The van der Waals surface area contributed by atoms with Crippen molar-refractivity contribution in [1.82, 2.24) is 0 Å². The van der Waals surface area contributed by atoms with Crippen LogP contribution in [0.5, 0.6) is 0 Å². The number of hydrogen-bond donors (Lipinski definition) is 4. The second-order valence-electron chi connectivity index (χ2n) is 0.235. The number of rotatable bonds is 0. The summed E-state index contributed by atoms with van der Waals surface area (Å²) in [5.74, 6) is 8.00. The van der Waals surface area contributed by atoms with Crippen LogP contribution < -0.4 is 17.4 Å². The van der Waals surface area contributed by atoms with E-state index in [1.807, 2.05) is 0 Å². The Bertz CT molecular complexity index is 57.5. The molecular formula is C2H8N4O2. The van der Waals surface area contributed by atoms with Gasteiger partial charge in [0, 0.05) is 0 Å². The molecule has 0 amide bonds. The van der Waals surface area contributed by atoms with Gasteiger partial charge in [0.2, 0.25) is 0 Å². The lowest BCUT2D eigenvalue weighted by Gasteiger charge is -1.34. The highest BCUT2D eigenvalue weighted by atomic mass is 16.3. The zero-order chi connectivity index (χ0) is 7.41. The Morgan fingerprint density at radius 1 is 1.62 bits per heavy atom. The minimum Gasteiger partial charge on any atom is -0.483 e. The predicted molar refractivity (Wildman–Crippen MR) is 26.9 cm³/mol. The first-order valence-corrected chi connectivity index (χ1v) is 1.34. The van der Waals surface area contributed by atoms with Crippen LogP contribution in [-0.2, 0) is 4.79 Å². The minimum absolute atomic E-state index is 0.250. The molecule has 0 fully saturated rings. The van der Waals surface area contributed by atoms with E-state index < -0.39 is 0 Å². The highest BCUT2D eigenvalue weighted by Crippen LogP contribution is 0.966. The number of nitrogens with two attached hydrogens (primary N) is 3. The molecule has 0 aliphatic rings. The molecule has 0 aromatic rings. The van der Waals surface area contributed by atoms with Gasteiger partial charge in [-0.2, -0.15) is 5.26 Å². The van der Waals surface area contributed by atoms with E-state index >= 15 is 0 Å². The smallest absolute Gasteiger partial charge is 0.290 e. The lowest BCUT2D eigenvalue weighted by atomic mass is 11.5. The van der Waals surface area contributed by atoms with Gasteiger partial charge in [0.25, 0.3) is 6.47 Å². The second-order valence-corrected chi connectivity index (χ2v) is 0.235. The summed E-state index contributed by atoms with van der Waals surface area (Å²) in [6, 6.07) is 0. The van der Waals surface area contributed by atoms with E-state index in [4.69, 9.17) is 15.2 Å². The van der Waals surface area contributed by atoms with Crippen LogP contribution in [-0.4, -0.2) is 11.6 Å². The fraction of sp³-hybridized carbons (Fsp3) is 0. The van der Waals surface area contributed by atoms with Crippen LogP contribution in [0.3, 0.4) is 0 Å². The molecule has 0 aliphatic heterocycles. The van der Waals surface area contributed by atoms with Crippen molar-refractivity contribution in [3.05, 3.63) is 0 Å². The Labute approximate surface area is 46.5 Å². The van der Waals surface area contributed by atoms with Crippen molar-refractivity contribution < 1.29 is 9.90 Å². The fourth-order valence-corrected chi connectivity index (χ4v) is 0. The number of hydrogen-bond acceptors (Lipinski definition) is 5. The Balaban J connectivity index is -0.0000000483. The molecule has 0 aromatic heterocycles. The predicted octanol–water partition coefficient (Wildman–Crippen LogP) is -2.05. The maximum atomic E-state index is 8.36. The highest BCUT2D eigenvalue weighted by molar-refractivity contribution is 5.32. The number of carbonyl (C=O) groups is 1.